The van der Waals surface area contributed by atoms with Crippen LogP contribution in [0.2, 0.25) is 0 Å². The first kappa shape index (κ1) is 32.0. The van der Waals surface area contributed by atoms with Crippen molar-refractivity contribution in [3.8, 4) is 11.5 Å². The lowest BCUT2D eigenvalue weighted by atomic mass is 9.77. The Kier molecular flexibility index (Phi) is 8.76. The van der Waals surface area contributed by atoms with Gasteiger partial charge in [0.25, 0.3) is 5.91 Å². The van der Waals surface area contributed by atoms with E-state index in [0.717, 1.165) is 41.8 Å². The molecule has 0 atom stereocenters. The van der Waals surface area contributed by atoms with Gasteiger partial charge in [-0.3, -0.25) is 9.59 Å². The molecule has 0 aliphatic carbocycles. The van der Waals surface area contributed by atoms with Crippen LogP contribution in [0.15, 0.2) is 54.6 Å². The number of ether oxygens (including phenoxy) is 2. The van der Waals surface area contributed by atoms with E-state index in [2.05, 4.69) is 5.32 Å². The van der Waals surface area contributed by atoms with Crippen LogP contribution in [0.3, 0.4) is 0 Å². The van der Waals surface area contributed by atoms with Crippen LogP contribution in [-0.4, -0.2) is 82.2 Å². The zero-order valence-electron chi connectivity index (χ0n) is 29.3. The minimum Gasteiger partial charge on any atom is -0.456 e. The highest BCUT2D eigenvalue weighted by Crippen LogP contribution is 2.57. The van der Waals surface area contributed by atoms with Crippen LogP contribution in [0.1, 0.15) is 84.2 Å². The number of nitrogens with one attached hydrogen (secondary N) is 1. The highest BCUT2D eigenvalue weighted by molar-refractivity contribution is 6.01. The van der Waals surface area contributed by atoms with E-state index in [0.29, 0.717) is 67.1 Å². The summed E-state index contributed by atoms with van der Waals surface area (Å²) in [5, 5.41) is 12.6. The standard InChI is InChI=1S/C38H46N4O6/c1-37(24-43)16-19-42(20-17-37)34(44)9-7-6-8-18-39-35(45)25-10-13-29-28(21-25)36(46)48-38(29)30-14-11-26(40(2)3)22-32(30)47-33-23-27(41(4)5)12-15-31(33)38/h10-15,21-23,43H,6-9,16-20,24H2,1-5H3,(H,39,45)/i1T. The quantitative estimate of drug-likeness (QED) is 0.224. The normalized spacial score (nSPS) is 17.0. The third-order valence-electron chi connectivity index (χ3n) is 9.93. The summed E-state index contributed by atoms with van der Waals surface area (Å²) in [6.45, 7) is 1.80. The number of amides is 2. The van der Waals surface area contributed by atoms with Crippen molar-refractivity contribution in [3.63, 3.8) is 0 Å². The fourth-order valence-electron chi connectivity index (χ4n) is 6.83. The van der Waals surface area contributed by atoms with Crippen LogP contribution in [0.4, 0.5) is 11.4 Å². The van der Waals surface area contributed by atoms with Crippen LogP contribution in [-0.2, 0) is 15.1 Å². The van der Waals surface area contributed by atoms with Crippen LogP contribution in [0.5, 0.6) is 11.5 Å². The Morgan fingerprint density at radius 2 is 1.52 bits per heavy atom. The summed E-state index contributed by atoms with van der Waals surface area (Å²) in [5.41, 5.74) is 3.11. The van der Waals surface area contributed by atoms with Crippen molar-refractivity contribution in [2.24, 2.45) is 5.41 Å². The number of carbonyl (C=O) groups is 3. The molecule has 2 N–H and O–H groups in total. The number of rotatable bonds is 10. The van der Waals surface area contributed by atoms with Crippen molar-refractivity contribution in [1.82, 2.24) is 10.2 Å². The van der Waals surface area contributed by atoms with Crippen LogP contribution < -0.4 is 19.9 Å². The number of unbranched alkanes of at least 4 members (excludes halogenated alkanes) is 2. The van der Waals surface area contributed by atoms with Crippen molar-refractivity contribution in [2.45, 2.75) is 51.0 Å². The van der Waals surface area contributed by atoms with Crippen molar-refractivity contribution in [3.05, 3.63) is 82.4 Å². The molecule has 1 spiro atoms. The summed E-state index contributed by atoms with van der Waals surface area (Å²) in [6, 6.07) is 16.9. The second-order valence-corrected chi connectivity index (χ2v) is 13.7. The van der Waals surface area contributed by atoms with Gasteiger partial charge in [-0.15, -0.1) is 0 Å². The number of aliphatic hydroxyl groups excluding tert-OH is 1. The predicted octanol–water partition coefficient (Wildman–Crippen LogP) is 5.30. The molecule has 6 rings (SSSR count). The highest BCUT2D eigenvalue weighted by atomic mass is 16.6. The van der Waals surface area contributed by atoms with Gasteiger partial charge in [0, 0.05) is 108 Å². The monoisotopic (exact) mass is 656 g/mol. The summed E-state index contributed by atoms with van der Waals surface area (Å²) in [7, 11) is 7.83. The lowest BCUT2D eigenvalue weighted by molar-refractivity contribution is -0.134. The molecule has 0 bridgehead atoms. The van der Waals surface area contributed by atoms with E-state index >= 15 is 0 Å². The number of hydrogen-bond donors (Lipinski definition) is 2. The molecule has 1 fully saturated rings. The first-order valence-corrected chi connectivity index (χ1v) is 16.7. The Hall–Kier alpha value is -4.57. The Morgan fingerprint density at radius 3 is 2.10 bits per heavy atom. The third-order valence-corrected chi connectivity index (χ3v) is 9.93. The fourth-order valence-corrected chi connectivity index (χ4v) is 6.83. The number of piperidine rings is 1. The van der Waals surface area contributed by atoms with Crippen molar-refractivity contribution < 1.29 is 30.3 Å². The summed E-state index contributed by atoms with van der Waals surface area (Å²) in [4.78, 5) is 45.2. The van der Waals surface area contributed by atoms with E-state index in [1.807, 2.05) is 85.4 Å². The first-order valence-electron chi connectivity index (χ1n) is 17.4. The predicted molar refractivity (Wildman–Crippen MR) is 185 cm³/mol. The minimum atomic E-state index is -1.23. The Morgan fingerprint density at radius 1 is 0.896 bits per heavy atom. The van der Waals surface area contributed by atoms with Gasteiger partial charge < -0.3 is 34.6 Å². The topological polar surface area (TPSA) is 112 Å². The molecule has 3 aromatic rings. The highest BCUT2D eigenvalue weighted by Gasteiger charge is 2.53. The Labute approximate surface area is 284 Å². The number of fused-ring (bicyclic) bond motifs is 6. The van der Waals surface area contributed by atoms with Crippen LogP contribution in [0, 0.1) is 5.41 Å². The minimum absolute atomic E-state index is 0.00492. The van der Waals surface area contributed by atoms with Crippen molar-refractivity contribution >= 4 is 29.2 Å². The molecule has 0 aromatic heterocycles. The molecule has 0 radical (unpaired) electrons. The number of nitrogens with zero attached hydrogens (tertiary/aromatic N) is 3. The lowest BCUT2D eigenvalue weighted by Gasteiger charge is -2.38. The SMILES string of the molecule is [3H]CC1(CO)CCN(C(=O)CCCCCNC(=O)c2ccc3c(c2)C(=O)OC32c3ccc(N(C)C)cc3Oc3cc(N(C)C)ccc32)CC1. The molecule has 10 nitrogen and oxygen atoms in total. The molecular formula is C38H46N4O6. The largest absolute Gasteiger partial charge is 0.456 e. The maximum Gasteiger partial charge on any atom is 0.340 e. The molecule has 10 heteroatoms. The zero-order valence-corrected chi connectivity index (χ0v) is 28.3. The second kappa shape index (κ2) is 13.1. The first-order chi connectivity index (χ1) is 23.5. The van der Waals surface area contributed by atoms with E-state index in [-0.39, 0.29) is 30.7 Å². The number of esters is 1. The van der Waals surface area contributed by atoms with Gasteiger partial charge in [-0.25, -0.2) is 4.79 Å². The number of likely N-dealkylation sites (tertiary alicyclic amines) is 1. The average Bonchev–Trinajstić information content (AvgIpc) is 3.40. The second-order valence-electron chi connectivity index (χ2n) is 13.7. The fraction of sp³-hybridized carbons (Fsp3) is 0.447. The van der Waals surface area contributed by atoms with E-state index in [9.17, 15) is 19.5 Å². The summed E-state index contributed by atoms with van der Waals surface area (Å²) in [6.07, 6.45) is 4.00. The molecule has 0 unspecified atom stereocenters. The Bertz CT molecular complexity index is 1690. The van der Waals surface area contributed by atoms with Gasteiger partial charge in [0.15, 0.2) is 5.60 Å². The molecule has 2 amide bonds. The Balaban J connectivity index is 1.12. The van der Waals surface area contributed by atoms with Crippen molar-refractivity contribution in [2.75, 3.05) is 64.2 Å². The molecule has 254 valence electrons. The maximum absolute atomic E-state index is 13.6. The zero-order chi connectivity index (χ0) is 34.9. The maximum atomic E-state index is 13.6. The van der Waals surface area contributed by atoms with Gasteiger partial charge in [-0.2, -0.15) is 0 Å². The van der Waals surface area contributed by atoms with Gasteiger partial charge >= 0.3 is 5.97 Å². The van der Waals surface area contributed by atoms with Gasteiger partial charge in [0.1, 0.15) is 11.5 Å². The average molecular weight is 657 g/mol. The van der Waals surface area contributed by atoms with E-state index in [1.165, 1.54) is 0 Å². The molecule has 3 aliphatic rings. The lowest BCUT2D eigenvalue weighted by Crippen LogP contribution is -2.43. The summed E-state index contributed by atoms with van der Waals surface area (Å²) >= 11 is 0. The smallest absolute Gasteiger partial charge is 0.340 e. The van der Waals surface area contributed by atoms with Gasteiger partial charge in [-0.05, 0) is 67.5 Å². The summed E-state index contributed by atoms with van der Waals surface area (Å²) in [5.74, 6) is 0.526. The molecule has 0 saturated carbocycles. The van der Waals surface area contributed by atoms with Gasteiger partial charge in [-0.1, -0.05) is 19.4 Å². The number of anilines is 2. The number of aliphatic hydroxyl groups is 1. The number of hydrogen-bond acceptors (Lipinski definition) is 8. The van der Waals surface area contributed by atoms with E-state index in [4.69, 9.17) is 10.8 Å². The molecular weight excluding hydrogens is 608 g/mol. The number of carbonyl (C=O) groups excluding carboxylic acids is 3. The van der Waals surface area contributed by atoms with Gasteiger partial charge in [0.2, 0.25) is 5.91 Å². The molecule has 3 aromatic carbocycles. The summed E-state index contributed by atoms with van der Waals surface area (Å²) < 4.78 is 20.5. The van der Waals surface area contributed by atoms with E-state index < -0.39 is 11.6 Å². The molecule has 1 saturated heterocycles. The molecule has 3 aliphatic heterocycles. The molecule has 48 heavy (non-hydrogen) atoms. The van der Waals surface area contributed by atoms with Crippen LogP contribution in [0.25, 0.3) is 0 Å². The van der Waals surface area contributed by atoms with Crippen molar-refractivity contribution in [1.29, 1.82) is 0 Å². The number of benzene rings is 3. The molecule has 3 heterocycles. The van der Waals surface area contributed by atoms with Crippen LogP contribution >= 0.6 is 0 Å². The third kappa shape index (κ3) is 6.09. The van der Waals surface area contributed by atoms with Gasteiger partial charge in [0.05, 0.1) is 5.56 Å². The van der Waals surface area contributed by atoms with E-state index in [1.54, 1.807) is 12.1 Å².